The number of aryl methyl sites for hydroxylation is 4. The van der Waals surface area contributed by atoms with Gasteiger partial charge in [-0.3, -0.25) is 0 Å². The Hall–Kier alpha value is -2.33. The van der Waals surface area contributed by atoms with Crippen molar-refractivity contribution < 1.29 is 32.9 Å². The molecule has 198 valence electrons. The van der Waals surface area contributed by atoms with Gasteiger partial charge in [0.15, 0.2) is 0 Å². The van der Waals surface area contributed by atoms with E-state index in [1.54, 1.807) is 0 Å². The average Bonchev–Trinajstić information content (AvgIpc) is 3.47. The van der Waals surface area contributed by atoms with Gasteiger partial charge in [0.05, 0.1) is 0 Å². The number of benzene rings is 2. The van der Waals surface area contributed by atoms with Crippen LogP contribution in [0.5, 0.6) is 0 Å². The molecule has 0 amide bonds. The molecular weight excluding hydrogens is 589 g/mol. The number of thiophene rings is 2. The van der Waals surface area contributed by atoms with Crippen LogP contribution in [0.1, 0.15) is 21.6 Å². The zero-order valence-corrected chi connectivity index (χ0v) is 25.5. The number of carbonyl (C=O) groups excluding carboxylic acids is 4. The van der Waals surface area contributed by atoms with Gasteiger partial charge in [0.25, 0.3) is 0 Å². The number of hydrogen-bond acceptors (Lipinski definition) is 9. The lowest BCUT2D eigenvalue weighted by atomic mass is 9.74. The Kier molecular flexibility index (Phi) is 15.3. The summed E-state index contributed by atoms with van der Waals surface area (Å²) in [6, 6.07) is 13.1. The lowest BCUT2D eigenvalue weighted by Crippen LogP contribution is -2.44. The summed E-state index contributed by atoms with van der Waals surface area (Å²) < 4.78 is 19.4. The fourth-order valence-electron chi connectivity index (χ4n) is 3.53. The van der Waals surface area contributed by atoms with Crippen molar-refractivity contribution in [2.75, 3.05) is 0 Å². The summed E-state index contributed by atoms with van der Waals surface area (Å²) in [7, 11) is -0.406. The van der Waals surface area contributed by atoms with E-state index >= 15 is 0 Å². The van der Waals surface area contributed by atoms with Crippen LogP contribution in [0, 0.1) is 27.7 Å². The van der Waals surface area contributed by atoms with Crippen molar-refractivity contribution in [3.8, 4) is 0 Å². The molecule has 0 saturated carbocycles. The first kappa shape index (κ1) is 33.7. The minimum atomic E-state index is -0.135. The first-order valence-corrected chi connectivity index (χ1v) is 14.0. The Morgan fingerprint density at radius 2 is 1.21 bits per heavy atom. The van der Waals surface area contributed by atoms with Gasteiger partial charge in [-0.1, -0.05) is 34.1 Å². The van der Waals surface area contributed by atoms with Crippen molar-refractivity contribution in [2.24, 2.45) is 0 Å². The van der Waals surface area contributed by atoms with Crippen LogP contribution < -0.4 is 0 Å². The van der Waals surface area contributed by atoms with Crippen LogP contribution in [-0.2, 0) is 32.9 Å². The molecular formula is C25H28B3BrO7S2. The fourth-order valence-corrected chi connectivity index (χ4v) is 5.97. The second kappa shape index (κ2) is 17.3. The number of hydrogen-bond donors (Lipinski definition) is 0. The molecule has 5 rings (SSSR count). The molecule has 1 aliphatic rings. The first-order chi connectivity index (χ1) is 18.0. The lowest BCUT2D eigenvalue weighted by Gasteiger charge is -2.25. The maximum atomic E-state index is 8.12. The van der Waals surface area contributed by atoms with Crippen molar-refractivity contribution in [3.63, 3.8) is 0 Å². The van der Waals surface area contributed by atoms with E-state index in [0.717, 1.165) is 0 Å². The number of halogens is 1. The molecule has 0 atom stereocenters. The van der Waals surface area contributed by atoms with Crippen LogP contribution in [0.3, 0.4) is 0 Å². The molecule has 2 aromatic heterocycles. The zero-order chi connectivity index (χ0) is 28.8. The van der Waals surface area contributed by atoms with Crippen molar-refractivity contribution in [3.05, 3.63) is 67.8 Å². The summed E-state index contributed by atoms with van der Waals surface area (Å²) in [5.41, 5.74) is 4.17. The Morgan fingerprint density at radius 1 is 0.711 bits per heavy atom. The quantitative estimate of drug-likeness (QED) is 0.196. The Bertz CT molecular complexity index is 1340. The van der Waals surface area contributed by atoms with Gasteiger partial charge in [-0.2, -0.15) is 19.2 Å². The molecule has 38 heavy (non-hydrogen) atoms. The largest absolute Gasteiger partial charge is 0.453 e. The van der Waals surface area contributed by atoms with Crippen molar-refractivity contribution in [1.82, 2.24) is 0 Å². The molecule has 13 heteroatoms. The molecule has 0 spiro atoms. The van der Waals surface area contributed by atoms with E-state index in [1.807, 2.05) is 43.1 Å². The summed E-state index contributed by atoms with van der Waals surface area (Å²) in [4.78, 5) is 33.9. The predicted molar refractivity (Wildman–Crippen MR) is 158 cm³/mol. The molecule has 0 unspecified atom stereocenters. The third-order valence-electron chi connectivity index (χ3n) is 5.28. The van der Waals surface area contributed by atoms with E-state index in [9.17, 15) is 0 Å². The smallest absolute Gasteiger partial charge is 0.426 e. The summed E-state index contributed by atoms with van der Waals surface area (Å²) in [6.45, 7) is 14.2. The Labute approximate surface area is 240 Å². The van der Waals surface area contributed by atoms with Gasteiger partial charge in [-0.05, 0) is 99.2 Å². The summed E-state index contributed by atoms with van der Waals surface area (Å²) >= 11 is 7.22. The predicted octanol–water partition coefficient (Wildman–Crippen LogP) is 7.04. The van der Waals surface area contributed by atoms with Gasteiger partial charge in [0.2, 0.25) is 0 Å². The van der Waals surface area contributed by atoms with Crippen LogP contribution in [0.15, 0.2) is 46.3 Å². The van der Waals surface area contributed by atoms with E-state index in [4.69, 9.17) is 32.9 Å². The minimum absolute atomic E-state index is 0.135. The van der Waals surface area contributed by atoms with Gasteiger partial charge in [0, 0.05) is 18.7 Å². The van der Waals surface area contributed by atoms with E-state index in [0.29, 0.717) is 0 Å². The molecule has 2 aromatic carbocycles. The van der Waals surface area contributed by atoms with Crippen molar-refractivity contribution >= 4 is 92.4 Å². The zero-order valence-electron chi connectivity index (χ0n) is 22.3. The summed E-state index contributed by atoms with van der Waals surface area (Å²) in [5, 5.41) is 4.88. The van der Waals surface area contributed by atoms with E-state index < -0.39 is 0 Å². The van der Waals surface area contributed by atoms with Crippen LogP contribution in [0.25, 0.3) is 20.2 Å². The number of rotatable bonds is 0. The molecule has 1 fully saturated rings. The Balaban J connectivity index is 0.000000260. The summed E-state index contributed by atoms with van der Waals surface area (Å²) in [6.07, 6.45) is 0.500. The highest BCUT2D eigenvalue weighted by atomic mass is 79.9. The van der Waals surface area contributed by atoms with Gasteiger partial charge < -0.3 is 13.7 Å². The van der Waals surface area contributed by atoms with E-state index in [-0.39, 0.29) is 33.7 Å². The molecule has 0 aliphatic carbocycles. The molecule has 0 N–H and O–H groups in total. The maximum Gasteiger partial charge on any atom is 0.426 e. The normalized spacial score (nSPS) is 11.9. The van der Waals surface area contributed by atoms with Crippen LogP contribution in [0.4, 0.5) is 0 Å². The molecule has 0 radical (unpaired) electrons. The van der Waals surface area contributed by atoms with Crippen LogP contribution >= 0.6 is 38.6 Å². The maximum absolute atomic E-state index is 8.12. The van der Waals surface area contributed by atoms with Crippen molar-refractivity contribution in [2.45, 2.75) is 48.2 Å². The van der Waals surface area contributed by atoms with Gasteiger partial charge in [0.1, 0.15) is 0 Å². The SMILES string of the molecule is CB1OB(C)OB(C)O1.Cc1cc2ccc(Br)c(C)c2s1.Cc1ccc2ccsc2c1C.O=C=O.O=C=O. The third kappa shape index (κ3) is 10.8. The van der Waals surface area contributed by atoms with Crippen molar-refractivity contribution in [1.29, 1.82) is 0 Å². The van der Waals surface area contributed by atoms with E-state index in [2.05, 4.69) is 85.4 Å². The highest BCUT2D eigenvalue weighted by Gasteiger charge is 2.31. The molecule has 1 aliphatic heterocycles. The fraction of sp³-hybridized carbons (Fsp3) is 0.280. The first-order valence-electron chi connectivity index (χ1n) is 11.5. The number of fused-ring (bicyclic) bond motifs is 2. The second-order valence-corrected chi connectivity index (χ2v) is 11.1. The third-order valence-corrected chi connectivity index (χ3v) is 8.38. The standard InChI is InChI=1S/C10H9BrS.C10H10S.C3H9B3O3.2CO2/c1-6-5-8-3-4-9(11)7(2)10(8)12-6;1-7-3-4-9-5-6-11-10(9)8(7)2;1-4-7-5(2)9-6(3)8-4;2*2-1-3/h3-5H,1-2H3;3-6H,1-2H3;1-3H3;;. The second-order valence-electron chi connectivity index (χ2n) is 8.07. The van der Waals surface area contributed by atoms with Crippen LogP contribution in [0.2, 0.25) is 20.5 Å². The van der Waals surface area contributed by atoms with Gasteiger partial charge in [-0.15, -0.1) is 22.7 Å². The minimum Gasteiger partial charge on any atom is -0.453 e. The lowest BCUT2D eigenvalue weighted by molar-refractivity contribution is -0.193. The molecule has 3 heterocycles. The monoisotopic (exact) mass is 616 g/mol. The molecule has 1 saturated heterocycles. The molecule has 7 nitrogen and oxygen atoms in total. The average molecular weight is 617 g/mol. The Morgan fingerprint density at radius 3 is 1.74 bits per heavy atom. The molecule has 0 bridgehead atoms. The highest BCUT2D eigenvalue weighted by molar-refractivity contribution is 9.10. The molecule has 4 aromatic rings. The highest BCUT2D eigenvalue weighted by Crippen LogP contribution is 2.32. The van der Waals surface area contributed by atoms with Gasteiger partial charge in [-0.25, -0.2) is 0 Å². The van der Waals surface area contributed by atoms with Crippen LogP contribution in [-0.4, -0.2) is 33.7 Å². The van der Waals surface area contributed by atoms with E-state index in [1.165, 1.54) is 46.2 Å². The summed E-state index contributed by atoms with van der Waals surface area (Å²) in [5.74, 6) is 0. The van der Waals surface area contributed by atoms with Gasteiger partial charge >= 0.3 is 33.7 Å². The topological polar surface area (TPSA) is 96.0 Å².